The maximum absolute atomic E-state index is 13.9. The van der Waals surface area contributed by atoms with E-state index in [1.54, 1.807) is 6.92 Å². The monoisotopic (exact) mass is 695 g/mol. The van der Waals surface area contributed by atoms with E-state index < -0.39 is 96.2 Å². The first-order valence-electron chi connectivity index (χ1n) is 17.2. The van der Waals surface area contributed by atoms with Gasteiger partial charge in [-0.1, -0.05) is 48.0 Å². The van der Waals surface area contributed by atoms with Gasteiger partial charge in [0, 0.05) is 28.2 Å². The summed E-state index contributed by atoms with van der Waals surface area (Å²) in [6.45, 7) is 14.9. The van der Waals surface area contributed by atoms with Crippen LogP contribution in [0.25, 0.3) is 0 Å². The van der Waals surface area contributed by atoms with Gasteiger partial charge in [-0.15, -0.1) is 0 Å². The Kier molecular flexibility index (Phi) is 16.7. The first-order chi connectivity index (χ1) is 22.6. The SMILES string of the molecule is CC[C@H](C)[C@H]1NC(=O)[C@@H](CO)NC(=O)[C@@H](C)N(C)C(=O)[C@H](C)N(C)C(=O)[C@H](CC(C)C)NC(=O)[C@H](CC(C)C)N(C)C(=O)[C@H](C)N(C)C1=O. The Morgan fingerprint density at radius 2 is 1.02 bits per heavy atom. The maximum atomic E-state index is 13.9. The number of aliphatic hydroxyl groups is 1. The number of amides is 7. The highest BCUT2D eigenvalue weighted by molar-refractivity contribution is 5.98. The van der Waals surface area contributed by atoms with E-state index in [4.69, 9.17) is 0 Å². The molecule has 15 heteroatoms. The Hall–Kier alpha value is -3.75. The smallest absolute Gasteiger partial charge is 0.245 e. The summed E-state index contributed by atoms with van der Waals surface area (Å²) in [5, 5.41) is 18.0. The average Bonchev–Trinajstić information content (AvgIpc) is 3.06. The number of carbonyl (C=O) groups excluding carboxylic acids is 7. The molecule has 1 heterocycles. The third-order valence-corrected chi connectivity index (χ3v) is 9.61. The van der Waals surface area contributed by atoms with Crippen molar-refractivity contribution in [2.45, 2.75) is 124 Å². The summed E-state index contributed by atoms with van der Waals surface area (Å²) in [6.07, 6.45) is 1.00. The molecule has 1 aliphatic heterocycles. The summed E-state index contributed by atoms with van der Waals surface area (Å²) in [6, 6.07) is -7.77. The maximum Gasteiger partial charge on any atom is 0.245 e. The van der Waals surface area contributed by atoms with Gasteiger partial charge in [0.2, 0.25) is 41.4 Å². The van der Waals surface area contributed by atoms with E-state index >= 15 is 0 Å². The Morgan fingerprint density at radius 1 is 0.571 bits per heavy atom. The lowest BCUT2D eigenvalue weighted by molar-refractivity contribution is -0.150. The molecule has 0 aromatic carbocycles. The number of hydrogen-bond donors (Lipinski definition) is 4. The van der Waals surface area contributed by atoms with Gasteiger partial charge in [-0.2, -0.15) is 0 Å². The molecule has 0 unspecified atom stereocenters. The predicted octanol–water partition coefficient (Wildman–Crippen LogP) is -0.0473. The minimum Gasteiger partial charge on any atom is -0.394 e. The van der Waals surface area contributed by atoms with E-state index in [2.05, 4.69) is 16.0 Å². The molecule has 0 aliphatic carbocycles. The van der Waals surface area contributed by atoms with Crippen LogP contribution in [-0.2, 0) is 33.6 Å². The number of aliphatic hydroxyl groups excluding tert-OH is 1. The summed E-state index contributed by atoms with van der Waals surface area (Å²) in [5.41, 5.74) is 0. The Morgan fingerprint density at radius 3 is 1.49 bits per heavy atom. The Balaban J connectivity index is 3.81. The molecule has 7 amide bonds. The molecule has 0 spiro atoms. The van der Waals surface area contributed by atoms with Crippen molar-refractivity contribution < 1.29 is 38.7 Å². The molecule has 0 saturated carbocycles. The van der Waals surface area contributed by atoms with Crippen molar-refractivity contribution in [2.24, 2.45) is 17.8 Å². The molecule has 0 radical (unpaired) electrons. The molecule has 1 rings (SSSR count). The van der Waals surface area contributed by atoms with Gasteiger partial charge in [0.25, 0.3) is 0 Å². The molecular formula is C34H61N7O8. The summed E-state index contributed by atoms with van der Waals surface area (Å²) < 4.78 is 0. The molecule has 280 valence electrons. The molecule has 49 heavy (non-hydrogen) atoms. The number of nitrogens with one attached hydrogen (secondary N) is 3. The lowest BCUT2D eigenvalue weighted by atomic mass is 9.96. The number of carbonyl (C=O) groups is 7. The predicted molar refractivity (Wildman–Crippen MR) is 184 cm³/mol. The lowest BCUT2D eigenvalue weighted by Crippen LogP contribution is -2.61. The highest BCUT2D eigenvalue weighted by atomic mass is 16.3. The van der Waals surface area contributed by atoms with Crippen LogP contribution in [0.2, 0.25) is 0 Å². The van der Waals surface area contributed by atoms with Crippen LogP contribution in [0.1, 0.15) is 81.6 Å². The van der Waals surface area contributed by atoms with Crippen molar-refractivity contribution in [3.8, 4) is 0 Å². The van der Waals surface area contributed by atoms with Crippen LogP contribution in [0.3, 0.4) is 0 Å². The van der Waals surface area contributed by atoms with Gasteiger partial charge >= 0.3 is 0 Å². The molecule has 0 bridgehead atoms. The van der Waals surface area contributed by atoms with Gasteiger partial charge in [0.15, 0.2) is 0 Å². The molecule has 15 nitrogen and oxygen atoms in total. The fraction of sp³-hybridized carbons (Fsp3) is 0.794. The van der Waals surface area contributed by atoms with Gasteiger partial charge in [-0.3, -0.25) is 33.6 Å². The molecule has 1 aliphatic rings. The quantitative estimate of drug-likeness (QED) is 0.285. The van der Waals surface area contributed by atoms with Crippen molar-refractivity contribution in [1.82, 2.24) is 35.6 Å². The second-order valence-corrected chi connectivity index (χ2v) is 14.3. The summed E-state index contributed by atoms with van der Waals surface area (Å²) in [5.74, 6) is -4.77. The third kappa shape index (κ3) is 11.1. The number of rotatable bonds is 7. The molecule has 1 fully saturated rings. The van der Waals surface area contributed by atoms with Crippen molar-refractivity contribution in [2.75, 3.05) is 34.8 Å². The number of nitrogens with zero attached hydrogens (tertiary/aromatic N) is 4. The molecule has 1 saturated heterocycles. The topological polar surface area (TPSA) is 189 Å². The molecular weight excluding hydrogens is 634 g/mol. The van der Waals surface area contributed by atoms with Gasteiger partial charge in [-0.25, -0.2) is 0 Å². The van der Waals surface area contributed by atoms with Gasteiger partial charge < -0.3 is 40.7 Å². The Labute approximate surface area is 291 Å². The molecule has 4 N–H and O–H groups in total. The molecule has 8 atom stereocenters. The van der Waals surface area contributed by atoms with Crippen molar-refractivity contribution in [1.29, 1.82) is 0 Å². The summed E-state index contributed by atoms with van der Waals surface area (Å²) in [7, 11) is 5.73. The van der Waals surface area contributed by atoms with Crippen LogP contribution in [0, 0.1) is 17.8 Å². The first kappa shape index (κ1) is 43.3. The minimum absolute atomic E-state index is 0.0203. The van der Waals surface area contributed by atoms with Crippen LogP contribution in [0.5, 0.6) is 0 Å². The third-order valence-electron chi connectivity index (χ3n) is 9.61. The van der Waals surface area contributed by atoms with E-state index in [9.17, 15) is 38.7 Å². The van der Waals surface area contributed by atoms with Crippen LogP contribution < -0.4 is 16.0 Å². The van der Waals surface area contributed by atoms with E-state index in [0.29, 0.717) is 6.42 Å². The van der Waals surface area contributed by atoms with Gasteiger partial charge in [-0.05, 0) is 51.4 Å². The summed E-state index contributed by atoms with van der Waals surface area (Å²) >= 11 is 0. The van der Waals surface area contributed by atoms with Gasteiger partial charge in [0.1, 0.15) is 42.3 Å². The zero-order valence-corrected chi connectivity index (χ0v) is 31.7. The van der Waals surface area contributed by atoms with Crippen LogP contribution in [0.4, 0.5) is 0 Å². The van der Waals surface area contributed by atoms with Crippen LogP contribution in [0.15, 0.2) is 0 Å². The van der Waals surface area contributed by atoms with Crippen molar-refractivity contribution in [3.63, 3.8) is 0 Å². The largest absolute Gasteiger partial charge is 0.394 e. The second kappa shape index (κ2) is 18.9. The molecule has 0 aromatic heterocycles. The molecule has 0 aromatic rings. The van der Waals surface area contributed by atoms with Crippen molar-refractivity contribution >= 4 is 41.4 Å². The average molecular weight is 696 g/mol. The van der Waals surface area contributed by atoms with E-state index in [0.717, 1.165) is 4.90 Å². The van der Waals surface area contributed by atoms with Gasteiger partial charge in [0.05, 0.1) is 6.61 Å². The van der Waals surface area contributed by atoms with Crippen molar-refractivity contribution in [3.05, 3.63) is 0 Å². The zero-order chi connectivity index (χ0) is 38.1. The fourth-order valence-electron chi connectivity index (χ4n) is 5.56. The summed E-state index contributed by atoms with van der Waals surface area (Å²) in [4.78, 5) is 100. The van der Waals surface area contributed by atoms with E-state index in [1.165, 1.54) is 63.7 Å². The van der Waals surface area contributed by atoms with E-state index in [1.807, 2.05) is 34.6 Å². The normalized spacial score (nSPS) is 28.8. The minimum atomic E-state index is -1.45. The number of likely N-dealkylation sites (N-methyl/N-ethyl adjacent to an activating group) is 4. The second-order valence-electron chi connectivity index (χ2n) is 14.3. The van der Waals surface area contributed by atoms with E-state index in [-0.39, 0.29) is 24.7 Å². The fourth-order valence-corrected chi connectivity index (χ4v) is 5.56. The van der Waals surface area contributed by atoms with Crippen LogP contribution >= 0.6 is 0 Å². The Bertz CT molecular complexity index is 1210. The number of hydrogen-bond acceptors (Lipinski definition) is 8. The van der Waals surface area contributed by atoms with Crippen LogP contribution in [-0.4, -0.2) is 143 Å². The first-order valence-corrected chi connectivity index (χ1v) is 17.2. The highest BCUT2D eigenvalue weighted by Gasteiger charge is 2.40. The highest BCUT2D eigenvalue weighted by Crippen LogP contribution is 2.18. The lowest BCUT2D eigenvalue weighted by Gasteiger charge is -2.36. The standard InChI is InChI=1S/C34H61N7O8/c1-14-20(6)27-34(49)40(12)23(9)32(47)41(13)26(16-19(4)5)30(45)35-24(15-18(2)3)33(48)39(11)22(8)31(46)38(10)21(7)28(43)36-25(17-42)29(44)37-27/h18-27,42H,14-17H2,1-13H3,(H,35,45)(H,36,43)(H,37,44)/t20-,21+,22-,23-,24-,25+,26-,27+/m0/s1. The zero-order valence-electron chi connectivity index (χ0n) is 31.7.